The third-order valence-electron chi connectivity index (χ3n) is 3.04. The highest BCUT2D eigenvalue weighted by atomic mass is 16.6. The molecule has 1 aromatic rings. The molecule has 23 heavy (non-hydrogen) atoms. The van der Waals surface area contributed by atoms with Crippen molar-refractivity contribution in [2.45, 2.75) is 39.3 Å². The van der Waals surface area contributed by atoms with Gasteiger partial charge in [0.2, 0.25) is 5.91 Å². The summed E-state index contributed by atoms with van der Waals surface area (Å²) in [7, 11) is 0. The molecule has 2 atom stereocenters. The number of aliphatic carboxylic acids is 1. The molecule has 3 N–H and O–H groups in total. The van der Waals surface area contributed by atoms with Gasteiger partial charge in [-0.2, -0.15) is 0 Å². The van der Waals surface area contributed by atoms with E-state index >= 15 is 0 Å². The van der Waals surface area contributed by atoms with Crippen LogP contribution in [0.25, 0.3) is 0 Å². The molecule has 9 nitrogen and oxygen atoms in total. The molecule has 0 fully saturated rings. The molecule has 0 bridgehead atoms. The molecule has 126 valence electrons. The lowest BCUT2D eigenvalue weighted by Gasteiger charge is -2.20. The minimum atomic E-state index is -1.09. The molecular weight excluding hydrogens is 304 g/mol. The van der Waals surface area contributed by atoms with Gasteiger partial charge in [0.05, 0.1) is 4.92 Å². The fourth-order valence-corrected chi connectivity index (χ4v) is 1.86. The van der Waals surface area contributed by atoms with Gasteiger partial charge in [0, 0.05) is 6.07 Å². The highest BCUT2D eigenvalue weighted by Crippen LogP contribution is 2.12. The smallest absolute Gasteiger partial charge is 0.326 e. The predicted octanol–water partition coefficient (Wildman–Crippen LogP) is 1.41. The van der Waals surface area contributed by atoms with Crippen LogP contribution in [0.2, 0.25) is 0 Å². The Labute approximate surface area is 133 Å². The van der Waals surface area contributed by atoms with Crippen molar-refractivity contribution >= 4 is 23.4 Å². The number of nitrogens with zero attached hydrogens (tertiary/aromatic N) is 2. The Balaban J connectivity index is 2.65. The summed E-state index contributed by atoms with van der Waals surface area (Å²) in [6.07, 6.45) is 1.40. The lowest BCUT2D eigenvalue weighted by atomic mass is 10.0. The predicted molar refractivity (Wildman–Crippen MR) is 83.0 cm³/mol. The van der Waals surface area contributed by atoms with Crippen LogP contribution < -0.4 is 10.6 Å². The maximum absolute atomic E-state index is 12.0. The van der Waals surface area contributed by atoms with Gasteiger partial charge in [-0.15, -0.1) is 0 Å². The molecular formula is C14H20N4O5. The summed E-state index contributed by atoms with van der Waals surface area (Å²) >= 11 is 0. The van der Waals surface area contributed by atoms with Gasteiger partial charge in [0.1, 0.15) is 24.1 Å². The number of carboxylic acids is 1. The molecule has 1 aromatic heterocycles. The minimum Gasteiger partial charge on any atom is -0.480 e. The fourth-order valence-electron chi connectivity index (χ4n) is 1.86. The van der Waals surface area contributed by atoms with Crippen molar-refractivity contribution in [2.75, 3.05) is 5.32 Å². The number of carbonyl (C=O) groups excluding carboxylic acids is 1. The number of nitro groups is 1. The Morgan fingerprint density at radius 1 is 1.35 bits per heavy atom. The van der Waals surface area contributed by atoms with Crippen LogP contribution in [0.1, 0.15) is 27.2 Å². The Kier molecular flexibility index (Phi) is 6.43. The fraction of sp³-hybridized carbons (Fsp3) is 0.500. The van der Waals surface area contributed by atoms with Gasteiger partial charge in [-0.05, 0) is 25.3 Å². The summed E-state index contributed by atoms with van der Waals surface area (Å²) in [5, 5.41) is 24.9. The zero-order valence-electron chi connectivity index (χ0n) is 13.1. The van der Waals surface area contributed by atoms with Crippen molar-refractivity contribution < 1.29 is 19.6 Å². The number of nitrogens with one attached hydrogen (secondary N) is 2. The van der Waals surface area contributed by atoms with Gasteiger partial charge in [-0.1, -0.05) is 13.8 Å². The van der Waals surface area contributed by atoms with Crippen LogP contribution in [0.5, 0.6) is 0 Å². The van der Waals surface area contributed by atoms with E-state index in [2.05, 4.69) is 15.6 Å². The van der Waals surface area contributed by atoms with Crippen LogP contribution in [0, 0.1) is 16.0 Å². The van der Waals surface area contributed by atoms with Crippen molar-refractivity contribution in [1.82, 2.24) is 10.3 Å². The Bertz CT molecular complexity index is 573. The van der Waals surface area contributed by atoms with Crippen molar-refractivity contribution in [3.8, 4) is 0 Å². The Hall–Kier alpha value is -2.71. The van der Waals surface area contributed by atoms with Crippen LogP contribution >= 0.6 is 0 Å². The molecule has 0 saturated heterocycles. The Morgan fingerprint density at radius 3 is 2.43 bits per heavy atom. The molecule has 0 saturated carbocycles. The SMILES string of the molecule is CC(C)CC(NC(=O)C(C)Nc1ccc([N+](=O)[O-])cn1)C(=O)O. The van der Waals surface area contributed by atoms with E-state index in [4.69, 9.17) is 5.11 Å². The summed E-state index contributed by atoms with van der Waals surface area (Å²) in [5.74, 6) is -1.17. The monoisotopic (exact) mass is 324 g/mol. The quantitative estimate of drug-likeness (QED) is 0.486. The normalized spacial score (nSPS) is 13.2. The summed E-state index contributed by atoms with van der Waals surface area (Å²) < 4.78 is 0. The van der Waals surface area contributed by atoms with Gasteiger partial charge in [-0.25, -0.2) is 9.78 Å². The number of carbonyl (C=O) groups is 2. The van der Waals surface area contributed by atoms with Crippen molar-refractivity contribution in [2.24, 2.45) is 5.92 Å². The van der Waals surface area contributed by atoms with Crippen LogP contribution in [-0.2, 0) is 9.59 Å². The standard InChI is InChI=1S/C14H20N4O5/c1-8(2)6-11(14(20)21)17-13(19)9(3)16-12-5-4-10(7-15-12)18(22)23/h4-5,7-9,11H,6H2,1-3H3,(H,15,16)(H,17,19)(H,20,21). The number of carboxylic acid groups (broad SMARTS) is 1. The lowest BCUT2D eigenvalue weighted by molar-refractivity contribution is -0.385. The van der Waals surface area contributed by atoms with Crippen molar-refractivity contribution in [1.29, 1.82) is 0 Å². The van der Waals surface area contributed by atoms with Crippen molar-refractivity contribution in [3.05, 3.63) is 28.4 Å². The second-order valence-electron chi connectivity index (χ2n) is 5.55. The third-order valence-corrected chi connectivity index (χ3v) is 3.04. The van der Waals surface area contributed by atoms with E-state index in [1.807, 2.05) is 13.8 Å². The number of pyridine rings is 1. The number of rotatable bonds is 8. The molecule has 0 aliphatic rings. The average molecular weight is 324 g/mol. The first-order valence-corrected chi connectivity index (χ1v) is 7.11. The average Bonchev–Trinajstić information content (AvgIpc) is 2.46. The highest BCUT2D eigenvalue weighted by Gasteiger charge is 2.24. The first-order valence-electron chi connectivity index (χ1n) is 7.11. The van der Waals surface area contributed by atoms with Crippen molar-refractivity contribution in [3.63, 3.8) is 0 Å². The second kappa shape index (κ2) is 8.06. The molecule has 0 aliphatic carbocycles. The van der Waals surface area contributed by atoms with Crippen LogP contribution in [0.3, 0.4) is 0 Å². The van der Waals surface area contributed by atoms with E-state index in [1.54, 1.807) is 6.92 Å². The zero-order chi connectivity index (χ0) is 17.6. The first kappa shape index (κ1) is 18.3. The lowest BCUT2D eigenvalue weighted by Crippen LogP contribution is -2.47. The summed E-state index contributed by atoms with van der Waals surface area (Å²) in [5.41, 5.74) is -0.157. The molecule has 0 spiro atoms. The van der Waals surface area contributed by atoms with Gasteiger partial charge in [-0.3, -0.25) is 14.9 Å². The summed E-state index contributed by atoms with van der Waals surface area (Å²) in [6, 6.07) is 0.943. The second-order valence-corrected chi connectivity index (χ2v) is 5.55. The first-order chi connectivity index (χ1) is 10.7. The molecule has 9 heteroatoms. The summed E-state index contributed by atoms with van der Waals surface area (Å²) in [4.78, 5) is 37.0. The summed E-state index contributed by atoms with van der Waals surface area (Å²) in [6.45, 7) is 5.28. The van der Waals surface area contributed by atoms with Gasteiger partial charge in [0.15, 0.2) is 0 Å². The van der Waals surface area contributed by atoms with E-state index in [0.717, 1.165) is 6.20 Å². The van der Waals surface area contributed by atoms with E-state index < -0.39 is 28.9 Å². The molecule has 1 rings (SSSR count). The maximum Gasteiger partial charge on any atom is 0.326 e. The molecule has 0 aromatic carbocycles. The zero-order valence-corrected chi connectivity index (χ0v) is 13.1. The largest absolute Gasteiger partial charge is 0.480 e. The van der Waals surface area contributed by atoms with Crippen LogP contribution in [-0.4, -0.2) is 39.0 Å². The number of aromatic nitrogens is 1. The number of hydrogen-bond donors (Lipinski definition) is 3. The minimum absolute atomic E-state index is 0.121. The van der Waals surface area contributed by atoms with E-state index in [-0.39, 0.29) is 17.4 Å². The number of anilines is 1. The number of amides is 1. The maximum atomic E-state index is 12.0. The van der Waals surface area contributed by atoms with Gasteiger partial charge < -0.3 is 15.7 Å². The Morgan fingerprint density at radius 2 is 2.00 bits per heavy atom. The molecule has 1 amide bonds. The van der Waals surface area contributed by atoms with Gasteiger partial charge in [0.25, 0.3) is 5.69 Å². The third kappa shape index (κ3) is 5.89. The molecule has 1 heterocycles. The number of hydrogen-bond acceptors (Lipinski definition) is 6. The molecule has 0 radical (unpaired) electrons. The van der Waals surface area contributed by atoms with E-state index in [0.29, 0.717) is 6.42 Å². The van der Waals surface area contributed by atoms with E-state index in [1.165, 1.54) is 12.1 Å². The molecule has 0 aliphatic heterocycles. The van der Waals surface area contributed by atoms with E-state index in [9.17, 15) is 19.7 Å². The topological polar surface area (TPSA) is 134 Å². The van der Waals surface area contributed by atoms with Crippen LogP contribution in [0.4, 0.5) is 11.5 Å². The van der Waals surface area contributed by atoms with Crippen LogP contribution in [0.15, 0.2) is 18.3 Å². The van der Waals surface area contributed by atoms with Gasteiger partial charge >= 0.3 is 5.97 Å². The highest BCUT2D eigenvalue weighted by molar-refractivity contribution is 5.88. The molecule has 2 unspecified atom stereocenters.